The van der Waals surface area contributed by atoms with E-state index < -0.39 is 5.97 Å². The standard InChI is InChI=1S/C11H7Cl2N3O2/c1-2-18-7(17)4-3-6-5-14-10-8(6)9(12)15-11(13)16-10/h5H,2H2,1H3,(H,14,15,16). The maximum absolute atomic E-state index is 11.1. The molecule has 0 amide bonds. The van der Waals surface area contributed by atoms with Gasteiger partial charge < -0.3 is 9.72 Å². The summed E-state index contributed by atoms with van der Waals surface area (Å²) in [4.78, 5) is 21.7. The van der Waals surface area contributed by atoms with E-state index in [-0.39, 0.29) is 17.0 Å². The molecule has 2 aromatic heterocycles. The van der Waals surface area contributed by atoms with E-state index in [1.165, 1.54) is 0 Å². The Hall–Kier alpha value is -1.77. The predicted octanol–water partition coefficient (Wildman–Crippen LogP) is 2.18. The fourth-order valence-corrected chi connectivity index (χ4v) is 1.83. The summed E-state index contributed by atoms with van der Waals surface area (Å²) in [5, 5.41) is 0.747. The van der Waals surface area contributed by atoms with Gasteiger partial charge in [-0.25, -0.2) is 9.78 Å². The molecule has 2 heterocycles. The molecule has 5 nitrogen and oxygen atoms in total. The van der Waals surface area contributed by atoms with Gasteiger partial charge in [0.2, 0.25) is 5.28 Å². The summed E-state index contributed by atoms with van der Waals surface area (Å²) in [5.74, 6) is 4.39. The summed E-state index contributed by atoms with van der Waals surface area (Å²) in [6.45, 7) is 1.98. The number of carbonyl (C=O) groups excluding carboxylic acids is 1. The molecule has 0 radical (unpaired) electrons. The van der Waals surface area contributed by atoms with Crippen LogP contribution < -0.4 is 0 Å². The Morgan fingerprint density at radius 3 is 3.00 bits per heavy atom. The van der Waals surface area contributed by atoms with Gasteiger partial charge in [0.1, 0.15) is 10.8 Å². The zero-order valence-corrected chi connectivity index (χ0v) is 10.8. The van der Waals surface area contributed by atoms with Gasteiger partial charge in [-0.05, 0) is 18.5 Å². The molecule has 92 valence electrons. The van der Waals surface area contributed by atoms with E-state index >= 15 is 0 Å². The summed E-state index contributed by atoms with van der Waals surface area (Å²) >= 11 is 11.6. The van der Waals surface area contributed by atoms with Gasteiger partial charge in [-0.3, -0.25) is 0 Å². The number of hydrogen-bond donors (Lipinski definition) is 1. The first-order valence-electron chi connectivity index (χ1n) is 5.00. The van der Waals surface area contributed by atoms with E-state index in [4.69, 9.17) is 27.9 Å². The zero-order valence-electron chi connectivity index (χ0n) is 9.25. The molecule has 7 heteroatoms. The monoisotopic (exact) mass is 283 g/mol. The minimum absolute atomic E-state index is 0.0410. The summed E-state index contributed by atoms with van der Waals surface area (Å²) in [6, 6.07) is 0. The van der Waals surface area contributed by atoms with Crippen LogP contribution in [0.5, 0.6) is 0 Å². The van der Waals surface area contributed by atoms with E-state index in [9.17, 15) is 4.79 Å². The van der Waals surface area contributed by atoms with Crippen LogP contribution in [0.2, 0.25) is 10.4 Å². The fourth-order valence-electron chi connectivity index (χ4n) is 1.35. The normalized spacial score (nSPS) is 9.94. The van der Waals surface area contributed by atoms with Crippen molar-refractivity contribution in [2.45, 2.75) is 6.92 Å². The van der Waals surface area contributed by atoms with E-state index in [0.717, 1.165) is 0 Å². The van der Waals surface area contributed by atoms with Crippen LogP contribution in [-0.2, 0) is 9.53 Å². The molecule has 0 saturated heterocycles. The molecule has 0 bridgehead atoms. The Morgan fingerprint density at radius 2 is 2.28 bits per heavy atom. The number of esters is 1. The molecule has 0 atom stereocenters. The van der Waals surface area contributed by atoms with Gasteiger partial charge in [0.15, 0.2) is 0 Å². The van der Waals surface area contributed by atoms with Crippen molar-refractivity contribution in [2.75, 3.05) is 6.61 Å². The number of aromatic amines is 1. The number of halogens is 2. The number of hydrogen-bond acceptors (Lipinski definition) is 4. The molecule has 2 rings (SSSR count). The van der Waals surface area contributed by atoms with Gasteiger partial charge in [0.25, 0.3) is 0 Å². The predicted molar refractivity (Wildman–Crippen MR) is 67.4 cm³/mol. The zero-order chi connectivity index (χ0) is 13.1. The van der Waals surface area contributed by atoms with Crippen molar-refractivity contribution in [3.05, 3.63) is 22.2 Å². The molecule has 0 saturated carbocycles. The highest BCUT2D eigenvalue weighted by molar-refractivity contribution is 6.36. The number of carbonyl (C=O) groups is 1. The number of nitrogens with zero attached hydrogens (tertiary/aromatic N) is 2. The van der Waals surface area contributed by atoms with Crippen LogP contribution in [0.15, 0.2) is 6.20 Å². The molecule has 0 aromatic carbocycles. The highest BCUT2D eigenvalue weighted by Crippen LogP contribution is 2.24. The number of rotatable bonds is 1. The summed E-state index contributed by atoms with van der Waals surface area (Å²) in [7, 11) is 0. The van der Waals surface area contributed by atoms with Gasteiger partial charge in [0.05, 0.1) is 17.6 Å². The van der Waals surface area contributed by atoms with Crippen LogP contribution in [0.3, 0.4) is 0 Å². The topological polar surface area (TPSA) is 67.9 Å². The lowest BCUT2D eigenvalue weighted by Gasteiger charge is -1.94. The van der Waals surface area contributed by atoms with Gasteiger partial charge in [-0.1, -0.05) is 17.5 Å². The first-order chi connectivity index (χ1) is 8.61. The Morgan fingerprint density at radius 1 is 1.50 bits per heavy atom. The van der Waals surface area contributed by atoms with Crippen molar-refractivity contribution >= 4 is 40.2 Å². The number of fused-ring (bicyclic) bond motifs is 1. The van der Waals surface area contributed by atoms with Crippen molar-refractivity contribution in [2.24, 2.45) is 0 Å². The smallest absolute Gasteiger partial charge is 0.384 e. The molecule has 0 spiro atoms. The second-order valence-corrected chi connectivity index (χ2v) is 3.88. The summed E-state index contributed by atoms with van der Waals surface area (Å²) in [6.07, 6.45) is 1.58. The molecule has 1 N–H and O–H groups in total. The second-order valence-electron chi connectivity index (χ2n) is 3.18. The van der Waals surface area contributed by atoms with Crippen molar-refractivity contribution < 1.29 is 9.53 Å². The van der Waals surface area contributed by atoms with E-state index in [2.05, 4.69) is 26.8 Å². The van der Waals surface area contributed by atoms with Crippen LogP contribution in [0.4, 0.5) is 0 Å². The number of aromatic nitrogens is 3. The van der Waals surface area contributed by atoms with Crippen LogP contribution in [0.25, 0.3) is 11.0 Å². The van der Waals surface area contributed by atoms with Crippen LogP contribution >= 0.6 is 23.2 Å². The molecule has 0 aliphatic carbocycles. The number of ether oxygens (including phenoxy) is 1. The molecule has 0 unspecified atom stereocenters. The third kappa shape index (κ3) is 2.55. The van der Waals surface area contributed by atoms with Crippen molar-refractivity contribution in [3.63, 3.8) is 0 Å². The third-order valence-corrected chi connectivity index (χ3v) is 2.48. The van der Waals surface area contributed by atoms with E-state index in [0.29, 0.717) is 16.6 Å². The van der Waals surface area contributed by atoms with Gasteiger partial charge >= 0.3 is 5.97 Å². The largest absolute Gasteiger partial charge is 0.456 e. The summed E-state index contributed by atoms with van der Waals surface area (Å²) in [5.41, 5.74) is 0.980. The van der Waals surface area contributed by atoms with E-state index in [1.54, 1.807) is 13.1 Å². The van der Waals surface area contributed by atoms with Crippen LogP contribution in [0, 0.1) is 11.8 Å². The number of H-pyrrole nitrogens is 1. The molecule has 2 aromatic rings. The third-order valence-electron chi connectivity index (χ3n) is 2.03. The molecule has 0 aliphatic rings. The van der Waals surface area contributed by atoms with Gasteiger partial charge in [-0.15, -0.1) is 0 Å². The maximum atomic E-state index is 11.1. The number of nitrogens with one attached hydrogen (secondary N) is 1. The SMILES string of the molecule is CCOC(=O)C#Cc1c[nH]c2nc(Cl)nc(Cl)c12. The molecular weight excluding hydrogens is 277 g/mol. The average Bonchev–Trinajstić information content (AvgIpc) is 2.70. The molecule has 0 fully saturated rings. The lowest BCUT2D eigenvalue weighted by atomic mass is 10.2. The minimum Gasteiger partial charge on any atom is -0.456 e. The van der Waals surface area contributed by atoms with Crippen molar-refractivity contribution in [3.8, 4) is 11.8 Å². The highest BCUT2D eigenvalue weighted by atomic mass is 35.5. The van der Waals surface area contributed by atoms with Crippen LogP contribution in [0.1, 0.15) is 12.5 Å². The lowest BCUT2D eigenvalue weighted by molar-refractivity contribution is -0.136. The van der Waals surface area contributed by atoms with Gasteiger partial charge in [0, 0.05) is 12.1 Å². The van der Waals surface area contributed by atoms with Crippen molar-refractivity contribution in [1.29, 1.82) is 0 Å². The average molecular weight is 284 g/mol. The quantitative estimate of drug-likeness (QED) is 0.377. The second kappa shape index (κ2) is 5.25. The Balaban J connectivity index is 2.44. The Kier molecular flexibility index (Phi) is 3.70. The first kappa shape index (κ1) is 12.7. The Bertz CT molecular complexity index is 670. The van der Waals surface area contributed by atoms with E-state index in [1.807, 2.05) is 0 Å². The first-order valence-corrected chi connectivity index (χ1v) is 5.76. The molecular formula is C11H7Cl2N3O2. The Labute approximate surface area is 112 Å². The molecule has 0 aliphatic heterocycles. The fraction of sp³-hybridized carbons (Fsp3) is 0.182. The van der Waals surface area contributed by atoms with Crippen LogP contribution in [-0.4, -0.2) is 27.5 Å². The van der Waals surface area contributed by atoms with Gasteiger partial charge in [-0.2, -0.15) is 4.98 Å². The summed E-state index contributed by atoms with van der Waals surface area (Å²) < 4.78 is 4.69. The lowest BCUT2D eigenvalue weighted by Crippen LogP contribution is -1.99. The highest BCUT2D eigenvalue weighted by Gasteiger charge is 2.10. The van der Waals surface area contributed by atoms with Crippen molar-refractivity contribution in [1.82, 2.24) is 15.0 Å². The minimum atomic E-state index is -0.599. The maximum Gasteiger partial charge on any atom is 0.384 e. The molecule has 18 heavy (non-hydrogen) atoms.